The molecule has 130 valence electrons. The summed E-state index contributed by atoms with van der Waals surface area (Å²) in [5.74, 6) is 1.95. The van der Waals surface area contributed by atoms with Crippen LogP contribution in [-0.4, -0.2) is 32.0 Å². The number of aromatic hydroxyl groups is 1. The van der Waals surface area contributed by atoms with Gasteiger partial charge < -0.3 is 15.2 Å². The Labute approximate surface area is 149 Å². The van der Waals surface area contributed by atoms with Gasteiger partial charge in [-0.1, -0.05) is 36.4 Å². The molecule has 2 aromatic heterocycles. The molecule has 0 bridgehead atoms. The summed E-state index contributed by atoms with van der Waals surface area (Å²) >= 11 is 0. The molecule has 2 aromatic carbocycles. The Hall–Kier alpha value is -3.61. The quantitative estimate of drug-likeness (QED) is 0.577. The first-order valence-corrected chi connectivity index (χ1v) is 8.12. The van der Waals surface area contributed by atoms with Crippen LogP contribution in [0.1, 0.15) is 5.56 Å². The number of hydrogen-bond acceptors (Lipinski definition) is 6. The Morgan fingerprint density at radius 2 is 1.88 bits per heavy atom. The minimum Gasteiger partial charge on any atom is -0.504 e. The molecule has 0 fully saturated rings. The minimum atomic E-state index is 0.118. The molecule has 0 amide bonds. The van der Waals surface area contributed by atoms with Crippen LogP contribution in [0.5, 0.6) is 11.5 Å². The average molecular weight is 347 g/mol. The van der Waals surface area contributed by atoms with E-state index in [1.54, 1.807) is 16.6 Å². The zero-order valence-electron chi connectivity index (χ0n) is 14.1. The van der Waals surface area contributed by atoms with Crippen molar-refractivity contribution in [1.82, 2.24) is 19.8 Å². The molecule has 0 aliphatic rings. The Morgan fingerprint density at radius 3 is 2.69 bits per heavy atom. The number of anilines is 1. The van der Waals surface area contributed by atoms with Crippen molar-refractivity contribution in [3.63, 3.8) is 0 Å². The molecule has 26 heavy (non-hydrogen) atoms. The first kappa shape index (κ1) is 15.9. The van der Waals surface area contributed by atoms with Crippen LogP contribution in [0.25, 0.3) is 17.0 Å². The number of nitrogens with one attached hydrogen (secondary N) is 1. The monoisotopic (exact) mass is 347 g/mol. The number of fused-ring (bicyclic) bond motifs is 1. The highest BCUT2D eigenvalue weighted by Gasteiger charge is 2.10. The molecule has 0 aliphatic heterocycles. The predicted octanol–water partition coefficient (Wildman–Crippen LogP) is 3.12. The summed E-state index contributed by atoms with van der Waals surface area (Å²) in [6.45, 7) is 0.540. The summed E-state index contributed by atoms with van der Waals surface area (Å²) < 4.78 is 6.85. The number of nitrogens with zero attached hydrogens (tertiary/aromatic N) is 4. The molecule has 0 atom stereocenters. The third-order valence-corrected chi connectivity index (χ3v) is 4.01. The minimum absolute atomic E-state index is 0.118. The summed E-state index contributed by atoms with van der Waals surface area (Å²) in [4.78, 5) is 0. The molecule has 0 spiro atoms. The van der Waals surface area contributed by atoms with E-state index >= 15 is 0 Å². The zero-order chi connectivity index (χ0) is 17.9. The fourth-order valence-electron chi connectivity index (χ4n) is 2.68. The van der Waals surface area contributed by atoms with Crippen molar-refractivity contribution in [3.8, 4) is 22.9 Å². The fraction of sp³-hybridized carbons (Fsp3) is 0.105. The molecule has 0 radical (unpaired) electrons. The van der Waals surface area contributed by atoms with Gasteiger partial charge in [0.1, 0.15) is 5.82 Å². The number of hydrogen-bond donors (Lipinski definition) is 2. The van der Waals surface area contributed by atoms with E-state index < -0.39 is 0 Å². The second kappa shape index (κ2) is 6.72. The van der Waals surface area contributed by atoms with Crippen LogP contribution in [-0.2, 0) is 6.54 Å². The first-order valence-electron chi connectivity index (χ1n) is 8.12. The highest BCUT2D eigenvalue weighted by Crippen LogP contribution is 2.26. The summed E-state index contributed by atoms with van der Waals surface area (Å²) in [5.41, 5.74) is 2.60. The number of aromatic nitrogens is 4. The number of rotatable bonds is 5. The van der Waals surface area contributed by atoms with Gasteiger partial charge in [0.25, 0.3) is 0 Å². The lowest BCUT2D eigenvalue weighted by molar-refractivity contribution is 0.373. The first-order chi connectivity index (χ1) is 12.7. The molecule has 7 heteroatoms. The van der Waals surface area contributed by atoms with E-state index in [2.05, 4.69) is 20.6 Å². The van der Waals surface area contributed by atoms with Gasteiger partial charge in [-0.05, 0) is 29.8 Å². The molecule has 4 aromatic rings. The third kappa shape index (κ3) is 3.02. The highest BCUT2D eigenvalue weighted by molar-refractivity contribution is 5.59. The Morgan fingerprint density at radius 1 is 1.04 bits per heavy atom. The van der Waals surface area contributed by atoms with Crippen molar-refractivity contribution < 1.29 is 9.84 Å². The van der Waals surface area contributed by atoms with Crippen molar-refractivity contribution in [3.05, 3.63) is 66.2 Å². The maximum atomic E-state index is 9.68. The molecule has 0 unspecified atom stereocenters. The van der Waals surface area contributed by atoms with Crippen LogP contribution in [0.2, 0.25) is 0 Å². The predicted molar refractivity (Wildman–Crippen MR) is 98.2 cm³/mol. The van der Waals surface area contributed by atoms with E-state index in [4.69, 9.17) is 4.74 Å². The van der Waals surface area contributed by atoms with E-state index in [9.17, 15) is 5.11 Å². The van der Waals surface area contributed by atoms with E-state index in [1.807, 2.05) is 48.5 Å². The topological polar surface area (TPSA) is 84.6 Å². The van der Waals surface area contributed by atoms with Crippen molar-refractivity contribution in [2.45, 2.75) is 6.54 Å². The molecule has 0 saturated heterocycles. The van der Waals surface area contributed by atoms with Crippen LogP contribution >= 0.6 is 0 Å². The Kier molecular flexibility index (Phi) is 4.10. The molecule has 2 N–H and O–H groups in total. The van der Waals surface area contributed by atoms with Crippen molar-refractivity contribution in [2.75, 3.05) is 12.4 Å². The normalized spacial score (nSPS) is 10.8. The smallest absolute Gasteiger partial charge is 0.185 e. The number of phenols is 1. The van der Waals surface area contributed by atoms with Gasteiger partial charge in [0.2, 0.25) is 0 Å². The Balaban J connectivity index is 1.59. The SMILES string of the molecule is COc1cc(CNc2ccc3nnc(-c4ccccc4)n3n2)ccc1O. The van der Waals surface area contributed by atoms with Gasteiger partial charge in [-0.2, -0.15) is 4.52 Å². The van der Waals surface area contributed by atoms with E-state index in [0.717, 1.165) is 11.1 Å². The van der Waals surface area contributed by atoms with Gasteiger partial charge in [-0.15, -0.1) is 15.3 Å². The van der Waals surface area contributed by atoms with Crippen molar-refractivity contribution >= 4 is 11.5 Å². The van der Waals surface area contributed by atoms with E-state index in [0.29, 0.717) is 29.6 Å². The maximum absolute atomic E-state index is 9.68. The summed E-state index contributed by atoms with van der Waals surface area (Å²) in [5, 5.41) is 25.9. The number of phenolic OH excluding ortho intramolecular Hbond substituents is 1. The second-order valence-electron chi connectivity index (χ2n) is 5.74. The molecular formula is C19H17N5O2. The van der Waals surface area contributed by atoms with Crippen molar-refractivity contribution in [2.24, 2.45) is 0 Å². The Bertz CT molecular complexity index is 1050. The van der Waals surface area contributed by atoms with Crippen LogP contribution in [0.4, 0.5) is 5.82 Å². The van der Waals surface area contributed by atoms with Crippen LogP contribution in [0.3, 0.4) is 0 Å². The fourth-order valence-corrected chi connectivity index (χ4v) is 2.68. The third-order valence-electron chi connectivity index (χ3n) is 4.01. The van der Waals surface area contributed by atoms with Gasteiger partial charge in [0.15, 0.2) is 23.0 Å². The maximum Gasteiger partial charge on any atom is 0.185 e. The standard InChI is InChI=1S/C19H17N5O2/c1-26-16-11-13(7-8-15(16)25)12-20-17-9-10-18-21-22-19(24(18)23-17)14-5-3-2-4-6-14/h2-11,25H,12H2,1H3,(H,20,23). The van der Waals surface area contributed by atoms with Crippen LogP contribution in [0.15, 0.2) is 60.7 Å². The lowest BCUT2D eigenvalue weighted by Gasteiger charge is -2.09. The lowest BCUT2D eigenvalue weighted by atomic mass is 10.2. The second-order valence-corrected chi connectivity index (χ2v) is 5.74. The van der Waals surface area contributed by atoms with Gasteiger partial charge >= 0.3 is 0 Å². The van der Waals surface area contributed by atoms with Gasteiger partial charge in [-0.25, -0.2) is 0 Å². The number of ether oxygens (including phenoxy) is 1. The summed E-state index contributed by atoms with van der Waals surface area (Å²) in [7, 11) is 1.53. The highest BCUT2D eigenvalue weighted by atomic mass is 16.5. The van der Waals surface area contributed by atoms with E-state index in [1.165, 1.54) is 7.11 Å². The van der Waals surface area contributed by atoms with Crippen LogP contribution in [0, 0.1) is 0 Å². The number of benzene rings is 2. The number of methoxy groups -OCH3 is 1. The van der Waals surface area contributed by atoms with E-state index in [-0.39, 0.29) is 5.75 Å². The molecule has 0 aliphatic carbocycles. The summed E-state index contributed by atoms with van der Waals surface area (Å²) in [6.07, 6.45) is 0. The summed E-state index contributed by atoms with van der Waals surface area (Å²) in [6, 6.07) is 18.8. The van der Waals surface area contributed by atoms with Gasteiger partial charge in [0.05, 0.1) is 7.11 Å². The largest absolute Gasteiger partial charge is 0.504 e. The molecule has 4 rings (SSSR count). The molecule has 7 nitrogen and oxygen atoms in total. The lowest BCUT2D eigenvalue weighted by Crippen LogP contribution is -2.05. The van der Waals surface area contributed by atoms with Gasteiger partial charge in [-0.3, -0.25) is 0 Å². The molecule has 2 heterocycles. The van der Waals surface area contributed by atoms with Gasteiger partial charge in [0, 0.05) is 12.1 Å². The van der Waals surface area contributed by atoms with Crippen LogP contribution < -0.4 is 10.1 Å². The molecule has 0 saturated carbocycles. The molecular weight excluding hydrogens is 330 g/mol. The van der Waals surface area contributed by atoms with Crippen molar-refractivity contribution in [1.29, 1.82) is 0 Å². The average Bonchev–Trinajstić information content (AvgIpc) is 3.11. The zero-order valence-corrected chi connectivity index (χ0v) is 14.1.